The first-order chi connectivity index (χ1) is 12.4. The van der Waals surface area contributed by atoms with Crippen molar-refractivity contribution in [3.63, 3.8) is 0 Å². The van der Waals surface area contributed by atoms with E-state index in [1.54, 1.807) is 0 Å². The second-order valence-electron chi connectivity index (χ2n) is 7.31. The third-order valence-corrected chi connectivity index (χ3v) is 5.50. The summed E-state index contributed by atoms with van der Waals surface area (Å²) in [4.78, 5) is 5.10. The molecule has 0 N–H and O–H groups in total. The van der Waals surface area contributed by atoms with E-state index in [1.807, 2.05) is 11.7 Å². The topological polar surface area (TPSA) is 29.7 Å². The standard InChI is InChI=1S/C23H24N3/c1-13-11-14(2)15(3)20(12-13)23-24-21-16(4)18-9-7-8-10-19(18)17(5)22(21)25-26(23)6/h7-12H,1-6H3/q+1. The Labute approximate surface area is 154 Å². The zero-order chi connectivity index (χ0) is 18.6. The van der Waals surface area contributed by atoms with E-state index in [9.17, 15) is 0 Å². The molecule has 0 bridgehead atoms. The SMILES string of the molecule is Cc1cc(C)c(C)c(-c2nc3c(C)c4ccccc4c(C)c3n[n+]2C)c1. The van der Waals surface area contributed by atoms with Crippen molar-refractivity contribution in [2.75, 3.05) is 0 Å². The Morgan fingerprint density at radius 1 is 0.769 bits per heavy atom. The molecular formula is C23H24N3+. The third kappa shape index (κ3) is 2.38. The van der Waals surface area contributed by atoms with Crippen LogP contribution in [0.25, 0.3) is 33.2 Å². The van der Waals surface area contributed by atoms with Crippen molar-refractivity contribution in [2.24, 2.45) is 7.05 Å². The van der Waals surface area contributed by atoms with Crippen LogP contribution in [-0.4, -0.2) is 10.1 Å². The largest absolute Gasteiger partial charge is 0.351 e. The number of benzene rings is 3. The summed E-state index contributed by atoms with van der Waals surface area (Å²) in [6.07, 6.45) is 0. The summed E-state index contributed by atoms with van der Waals surface area (Å²) < 4.78 is 1.92. The molecule has 1 aromatic heterocycles. The Bertz CT molecular complexity index is 1190. The fourth-order valence-electron chi connectivity index (χ4n) is 3.89. The molecule has 0 aliphatic carbocycles. The maximum Gasteiger partial charge on any atom is 0.351 e. The van der Waals surface area contributed by atoms with Gasteiger partial charge in [0.05, 0.1) is 5.56 Å². The van der Waals surface area contributed by atoms with Crippen molar-refractivity contribution in [3.05, 3.63) is 64.2 Å². The highest BCUT2D eigenvalue weighted by Crippen LogP contribution is 2.31. The van der Waals surface area contributed by atoms with Crippen molar-refractivity contribution < 1.29 is 4.68 Å². The smallest absolute Gasteiger partial charge is 0.133 e. The Morgan fingerprint density at radius 3 is 2.04 bits per heavy atom. The molecule has 0 aliphatic rings. The molecule has 3 aromatic carbocycles. The lowest BCUT2D eigenvalue weighted by Gasteiger charge is -2.11. The number of aromatic nitrogens is 3. The van der Waals surface area contributed by atoms with Crippen LogP contribution in [0.2, 0.25) is 0 Å². The molecule has 0 aliphatic heterocycles. The van der Waals surface area contributed by atoms with Crippen LogP contribution < -0.4 is 4.68 Å². The van der Waals surface area contributed by atoms with E-state index in [2.05, 4.69) is 71.0 Å². The van der Waals surface area contributed by atoms with Crippen LogP contribution in [0.4, 0.5) is 0 Å². The molecule has 0 amide bonds. The zero-order valence-corrected chi connectivity index (χ0v) is 16.3. The van der Waals surface area contributed by atoms with Crippen molar-refractivity contribution in [1.29, 1.82) is 0 Å². The summed E-state index contributed by atoms with van der Waals surface area (Å²) in [5.41, 5.74) is 9.30. The summed E-state index contributed by atoms with van der Waals surface area (Å²) >= 11 is 0. The molecule has 0 radical (unpaired) electrons. The minimum atomic E-state index is 0.916. The van der Waals surface area contributed by atoms with Crippen LogP contribution in [0.15, 0.2) is 36.4 Å². The lowest BCUT2D eigenvalue weighted by Crippen LogP contribution is -2.37. The van der Waals surface area contributed by atoms with E-state index >= 15 is 0 Å². The van der Waals surface area contributed by atoms with Crippen molar-refractivity contribution in [3.8, 4) is 11.4 Å². The van der Waals surface area contributed by atoms with Gasteiger partial charge in [0.15, 0.2) is 5.52 Å². The molecular weight excluding hydrogens is 318 g/mol. The number of hydrogen-bond acceptors (Lipinski definition) is 2. The van der Waals surface area contributed by atoms with Crippen molar-refractivity contribution in [1.82, 2.24) is 10.1 Å². The van der Waals surface area contributed by atoms with Crippen LogP contribution in [0.5, 0.6) is 0 Å². The van der Waals surface area contributed by atoms with Crippen LogP contribution in [0.1, 0.15) is 27.8 Å². The highest BCUT2D eigenvalue weighted by Gasteiger charge is 2.23. The van der Waals surface area contributed by atoms with Crippen LogP contribution in [-0.2, 0) is 7.05 Å². The second-order valence-corrected chi connectivity index (χ2v) is 7.31. The first kappa shape index (κ1) is 16.6. The number of rotatable bonds is 1. The van der Waals surface area contributed by atoms with Gasteiger partial charge in [0.2, 0.25) is 5.52 Å². The molecule has 26 heavy (non-hydrogen) atoms. The minimum absolute atomic E-state index is 0.916. The molecule has 4 rings (SSSR count). The summed E-state index contributed by atoms with van der Waals surface area (Å²) in [6.45, 7) is 10.7. The lowest BCUT2D eigenvalue weighted by atomic mass is 9.97. The summed E-state index contributed by atoms with van der Waals surface area (Å²) in [7, 11) is 1.99. The zero-order valence-electron chi connectivity index (χ0n) is 16.3. The van der Waals surface area contributed by atoms with Gasteiger partial charge in [0.1, 0.15) is 7.05 Å². The molecule has 4 aromatic rings. The van der Waals surface area contributed by atoms with Crippen LogP contribution in [0, 0.1) is 34.6 Å². The lowest BCUT2D eigenvalue weighted by molar-refractivity contribution is -0.720. The Balaban J connectivity index is 2.13. The second kappa shape index (κ2) is 5.87. The van der Waals surface area contributed by atoms with Gasteiger partial charge in [0.25, 0.3) is 0 Å². The molecule has 0 saturated carbocycles. The predicted octanol–water partition coefficient (Wildman–Crippen LogP) is 4.82. The van der Waals surface area contributed by atoms with Gasteiger partial charge in [-0.25, -0.2) is 0 Å². The molecule has 0 atom stereocenters. The maximum absolute atomic E-state index is 5.10. The van der Waals surface area contributed by atoms with Gasteiger partial charge in [0, 0.05) is 5.56 Å². The summed E-state index contributed by atoms with van der Waals surface area (Å²) in [6, 6.07) is 12.9. The monoisotopic (exact) mass is 342 g/mol. The quantitative estimate of drug-likeness (QED) is 0.367. The van der Waals surface area contributed by atoms with Crippen molar-refractivity contribution in [2.45, 2.75) is 34.6 Å². The molecule has 1 heterocycles. The molecule has 3 heteroatoms. The normalized spacial score (nSPS) is 11.5. The van der Waals surface area contributed by atoms with Gasteiger partial charge in [-0.3, -0.25) is 0 Å². The number of fused-ring (bicyclic) bond motifs is 2. The highest BCUT2D eigenvalue weighted by atomic mass is 15.3. The molecule has 130 valence electrons. The molecule has 0 spiro atoms. The fourth-order valence-corrected chi connectivity index (χ4v) is 3.89. The van der Waals surface area contributed by atoms with E-state index in [-0.39, 0.29) is 0 Å². The molecule has 0 unspecified atom stereocenters. The Kier molecular flexibility index (Phi) is 3.76. The maximum atomic E-state index is 5.10. The highest BCUT2D eigenvalue weighted by molar-refractivity contribution is 6.02. The first-order valence-electron chi connectivity index (χ1n) is 9.02. The molecule has 0 fully saturated rings. The minimum Gasteiger partial charge on any atom is -0.133 e. The van der Waals surface area contributed by atoms with Gasteiger partial charge in [-0.2, -0.15) is 0 Å². The number of hydrogen-bond donors (Lipinski definition) is 0. The third-order valence-electron chi connectivity index (χ3n) is 5.50. The number of aryl methyl sites for hydroxylation is 5. The van der Waals surface area contributed by atoms with Gasteiger partial charge in [-0.1, -0.05) is 35.4 Å². The van der Waals surface area contributed by atoms with E-state index in [1.165, 1.54) is 38.6 Å². The van der Waals surface area contributed by atoms with E-state index in [4.69, 9.17) is 10.1 Å². The average molecular weight is 342 g/mol. The van der Waals surface area contributed by atoms with E-state index < -0.39 is 0 Å². The summed E-state index contributed by atoms with van der Waals surface area (Å²) in [5, 5.41) is 7.42. The predicted molar refractivity (Wildman–Crippen MR) is 107 cm³/mol. The molecule has 0 saturated heterocycles. The van der Waals surface area contributed by atoms with Crippen LogP contribution >= 0.6 is 0 Å². The Hall–Kier alpha value is -2.81. The van der Waals surface area contributed by atoms with Gasteiger partial charge in [-0.05, 0) is 78.7 Å². The van der Waals surface area contributed by atoms with Gasteiger partial charge in [-0.15, -0.1) is 4.68 Å². The van der Waals surface area contributed by atoms with Gasteiger partial charge < -0.3 is 0 Å². The fraction of sp³-hybridized carbons (Fsp3) is 0.261. The average Bonchev–Trinajstić information content (AvgIpc) is 2.62. The first-order valence-corrected chi connectivity index (χ1v) is 9.02. The van der Waals surface area contributed by atoms with Gasteiger partial charge >= 0.3 is 5.82 Å². The van der Waals surface area contributed by atoms with E-state index in [0.29, 0.717) is 0 Å². The molecule has 3 nitrogen and oxygen atoms in total. The van der Waals surface area contributed by atoms with Crippen LogP contribution in [0.3, 0.4) is 0 Å². The number of nitrogens with zero attached hydrogens (tertiary/aromatic N) is 3. The van der Waals surface area contributed by atoms with E-state index in [0.717, 1.165) is 22.4 Å². The summed E-state index contributed by atoms with van der Waals surface area (Å²) in [5.74, 6) is 0.916. The van der Waals surface area contributed by atoms with Crippen molar-refractivity contribution >= 4 is 21.8 Å². The Morgan fingerprint density at radius 2 is 1.38 bits per heavy atom.